The summed E-state index contributed by atoms with van der Waals surface area (Å²) in [6, 6.07) is 40.6. The van der Waals surface area contributed by atoms with Gasteiger partial charge in [-0.05, 0) is 24.6 Å². The first-order valence-corrected chi connectivity index (χ1v) is 22.3. The molecule has 9 heteroatoms. The zero-order chi connectivity index (χ0) is 42.5. The Hall–Kier alpha value is -4.91. The maximum absolute atomic E-state index is 12.3. The minimum absolute atomic E-state index is 0.0974. The van der Waals surface area contributed by atoms with E-state index in [0.29, 0.717) is 11.8 Å². The topological polar surface area (TPSA) is 72.5 Å². The smallest absolute Gasteiger partial charge is 0.421 e. The molecule has 3 heterocycles. The molecule has 0 aliphatic rings. The molecule has 0 amide bonds. The Labute approximate surface area is 349 Å². The van der Waals surface area contributed by atoms with Gasteiger partial charge in [0, 0.05) is 23.2 Å². The van der Waals surface area contributed by atoms with Crippen LogP contribution in [0.1, 0.15) is 93.9 Å². The molecule has 7 rings (SSSR count). The molecule has 304 valence electrons. The molecule has 7 aromatic rings. The van der Waals surface area contributed by atoms with Crippen molar-refractivity contribution in [3.63, 3.8) is 0 Å². The van der Waals surface area contributed by atoms with E-state index in [2.05, 4.69) is 134 Å². The molecule has 0 aliphatic heterocycles. The number of pyridine rings is 2. The summed E-state index contributed by atoms with van der Waals surface area (Å²) in [5.74, 6) is 1.03. The van der Waals surface area contributed by atoms with Crippen LogP contribution in [0, 0.1) is 13.8 Å². The normalized spacial score (nSPS) is 12.3. The van der Waals surface area contributed by atoms with E-state index in [0.717, 1.165) is 40.1 Å². The van der Waals surface area contributed by atoms with Gasteiger partial charge in [-0.2, -0.15) is 24.6 Å². The number of alkyl halides is 3. The third-order valence-corrected chi connectivity index (χ3v) is 13.0. The van der Waals surface area contributed by atoms with E-state index < -0.39 is 29.7 Å². The molecule has 0 bridgehead atoms. The van der Waals surface area contributed by atoms with Crippen LogP contribution in [-0.2, 0) is 28.9 Å². The molecule has 0 saturated carbocycles. The fraction of sp³-hybridized carbons (Fsp3) is 0.286. The molecule has 58 heavy (non-hydrogen) atoms. The van der Waals surface area contributed by atoms with Crippen LogP contribution in [0.3, 0.4) is 0 Å². The van der Waals surface area contributed by atoms with E-state index in [1.54, 1.807) is 18.5 Å². The van der Waals surface area contributed by atoms with Crippen LogP contribution in [-0.4, -0.2) is 25.7 Å². The van der Waals surface area contributed by atoms with E-state index in [9.17, 15) is 18.3 Å². The number of hydrogen-bond acceptors (Lipinski definition) is 4. The number of hydrogen-bond donors (Lipinski definition) is 1. The molecule has 1 N–H and O–H groups in total. The van der Waals surface area contributed by atoms with Gasteiger partial charge in [0.1, 0.15) is 0 Å². The number of aliphatic hydroxyl groups is 1. The summed E-state index contributed by atoms with van der Waals surface area (Å²) in [7, 11) is 0. The first-order valence-electron chi connectivity index (χ1n) is 19.3. The first kappa shape index (κ1) is 45.8. The van der Waals surface area contributed by atoms with Gasteiger partial charge in [0.25, 0.3) is 0 Å². The molecule has 0 spiro atoms. The van der Waals surface area contributed by atoms with Crippen molar-refractivity contribution in [3.8, 4) is 0 Å². The fourth-order valence-corrected chi connectivity index (χ4v) is 8.72. The maximum atomic E-state index is 12.3. The van der Waals surface area contributed by atoms with Crippen LogP contribution in [0.5, 0.6) is 0 Å². The number of rotatable bonds is 6. The molecule has 1 unspecified atom stereocenters. The number of aryl methyl sites for hydroxylation is 2. The van der Waals surface area contributed by atoms with Gasteiger partial charge in [0.05, 0.1) is 11.0 Å². The predicted molar refractivity (Wildman–Crippen MR) is 231 cm³/mol. The van der Waals surface area contributed by atoms with E-state index >= 15 is 0 Å². The largest absolute Gasteiger partial charge is 0.665 e. The molecular formula is C49H54F3N4OW-. The molecule has 1 atom stereocenters. The summed E-state index contributed by atoms with van der Waals surface area (Å²) >= 11 is -0.918. The van der Waals surface area contributed by atoms with Crippen molar-refractivity contribution in [2.24, 2.45) is 3.50 Å². The second-order valence-electron chi connectivity index (χ2n) is 15.4. The summed E-state index contributed by atoms with van der Waals surface area (Å²) in [5, 5.41) is 11.5. The minimum atomic E-state index is -4.64. The number of nitrogens with zero attached hydrogens (tertiary/aromatic N) is 4. The summed E-state index contributed by atoms with van der Waals surface area (Å²) in [4.78, 5) is 12.8. The van der Waals surface area contributed by atoms with Crippen LogP contribution >= 0.6 is 0 Å². The Bertz CT molecular complexity index is 2320. The third kappa shape index (κ3) is 12.5. The molecule has 0 aliphatic carbocycles. The van der Waals surface area contributed by atoms with Gasteiger partial charge < -0.3 is 10.1 Å². The Balaban J connectivity index is 0.000000186. The van der Waals surface area contributed by atoms with Gasteiger partial charge in [-0.3, -0.25) is 9.97 Å². The van der Waals surface area contributed by atoms with E-state index in [-0.39, 0.29) is 11.0 Å². The van der Waals surface area contributed by atoms with Crippen LogP contribution in [0.25, 0.3) is 21.8 Å². The molecule has 0 saturated heterocycles. The van der Waals surface area contributed by atoms with Crippen molar-refractivity contribution < 1.29 is 36.2 Å². The van der Waals surface area contributed by atoms with Gasteiger partial charge in [-0.1, -0.05) is 80.6 Å². The van der Waals surface area contributed by atoms with Crippen LogP contribution in [0.2, 0.25) is 0 Å². The average Bonchev–Trinajstić information content (AvgIpc) is 3.60. The van der Waals surface area contributed by atoms with E-state index in [4.69, 9.17) is 3.50 Å². The Morgan fingerprint density at radius 1 is 0.603 bits per heavy atom. The monoisotopic (exact) mass is 955 g/mol. The third-order valence-electron chi connectivity index (χ3n) is 9.50. The summed E-state index contributed by atoms with van der Waals surface area (Å²) in [5.41, 5.74) is 6.79. The standard InChI is InChI=1S/C12H8N2.C12H17N.C10H12.C9H9F3O.C6H8N.W/c1-3-9-5-6-10-4-2-8-14-12(10)11(9)13-7-1;1-8(2)10-6-5-7-11(9(3)4)12(10)13;1-10(2,3)9-7-5-4-6-8-9;1-8(13,9(10,11)12)7-5-3-2-4-6-7;1-5-3-4-6(2)7-5;/h1-8H;5-9H,1-4H3;1,4-8H,2-3H3;2-6,13H,1H3;3-4H,1-2H3;/q;;;;-1;. The molecule has 3 aromatic heterocycles. The van der Waals surface area contributed by atoms with Gasteiger partial charge >= 0.3 is 162 Å². The summed E-state index contributed by atoms with van der Waals surface area (Å²) in [6.45, 7) is 18.4. The van der Waals surface area contributed by atoms with E-state index in [1.807, 2.05) is 38.1 Å². The van der Waals surface area contributed by atoms with Crippen molar-refractivity contribution in [1.82, 2.24) is 15.0 Å². The number of aromatic nitrogens is 3. The number of halogens is 3. The molecular weight excluding hydrogens is 901 g/mol. The SMILES string of the molecule is CC(C)c1cccc(C(C)C)c1[N]=[W]=[CH]C(C)(C)c1ccccc1.CC(O)(c1ccccc1)C(F)(F)F.Cc1ccc(C)[n-]1.c1cnc2c(c1)ccc1cccnc12. The number of fused-ring (bicyclic) bond motifs is 3. The fourth-order valence-electron chi connectivity index (χ4n) is 5.96. The minimum Gasteiger partial charge on any atom is -0.665 e. The predicted octanol–water partition coefficient (Wildman–Crippen LogP) is 13.1. The van der Waals surface area contributed by atoms with Crippen molar-refractivity contribution in [3.05, 3.63) is 173 Å². The quantitative estimate of drug-likeness (QED) is 0.169. The van der Waals surface area contributed by atoms with Crippen LogP contribution in [0.4, 0.5) is 18.9 Å². The zero-order valence-corrected chi connectivity index (χ0v) is 37.7. The number of benzene rings is 4. The summed E-state index contributed by atoms with van der Waals surface area (Å²) < 4.78 is 44.5. The van der Waals surface area contributed by atoms with Crippen molar-refractivity contribution in [1.29, 1.82) is 0 Å². The van der Waals surface area contributed by atoms with Crippen molar-refractivity contribution in [2.75, 3.05) is 0 Å². The average molecular weight is 956 g/mol. The van der Waals surface area contributed by atoms with Gasteiger partial charge in [-0.15, -0.1) is 0 Å². The first-order chi connectivity index (χ1) is 27.4. The zero-order valence-electron chi connectivity index (χ0n) is 34.8. The summed E-state index contributed by atoms with van der Waals surface area (Å²) in [6.07, 6.45) is -1.04. The molecule has 5 nitrogen and oxygen atoms in total. The molecule has 4 aromatic carbocycles. The van der Waals surface area contributed by atoms with Gasteiger partial charge in [0.2, 0.25) is 0 Å². The van der Waals surface area contributed by atoms with Crippen LogP contribution < -0.4 is 4.98 Å². The second-order valence-corrected chi connectivity index (χ2v) is 17.6. The Kier molecular flexibility index (Phi) is 16.3. The van der Waals surface area contributed by atoms with Gasteiger partial charge in [0.15, 0.2) is 5.60 Å². The van der Waals surface area contributed by atoms with Gasteiger partial charge in [-0.25, -0.2) is 0 Å². The second kappa shape index (κ2) is 20.7. The Morgan fingerprint density at radius 3 is 1.45 bits per heavy atom. The van der Waals surface area contributed by atoms with Crippen molar-refractivity contribution in [2.45, 2.75) is 91.3 Å². The van der Waals surface area contributed by atoms with Crippen LogP contribution in [0.15, 0.2) is 143 Å². The Morgan fingerprint density at radius 2 is 1.05 bits per heavy atom. The maximum Gasteiger partial charge on any atom is 0.421 e. The molecule has 0 fully saturated rings. The van der Waals surface area contributed by atoms with E-state index in [1.165, 1.54) is 46.6 Å². The van der Waals surface area contributed by atoms with Crippen molar-refractivity contribution >= 4 is 31.9 Å². The molecule has 0 radical (unpaired) electrons.